The zero-order chi connectivity index (χ0) is 19.8. The number of aromatic nitrogens is 1. The summed E-state index contributed by atoms with van der Waals surface area (Å²) < 4.78 is 5.09. The summed E-state index contributed by atoms with van der Waals surface area (Å²) in [6, 6.07) is 17.0. The molecule has 1 heterocycles. The Morgan fingerprint density at radius 2 is 1.79 bits per heavy atom. The van der Waals surface area contributed by atoms with Crippen LogP contribution in [0, 0.1) is 0 Å². The Bertz CT molecular complexity index is 986. The Kier molecular flexibility index (Phi) is 6.10. The van der Waals surface area contributed by atoms with E-state index >= 15 is 0 Å². The first-order valence-corrected chi connectivity index (χ1v) is 8.45. The molecular formula is C21H18N4O3. The van der Waals surface area contributed by atoms with Crippen LogP contribution in [0.3, 0.4) is 0 Å². The molecule has 2 N–H and O–H groups in total. The van der Waals surface area contributed by atoms with E-state index < -0.39 is 5.91 Å². The zero-order valence-corrected chi connectivity index (χ0v) is 15.1. The van der Waals surface area contributed by atoms with Gasteiger partial charge in [-0.15, -0.1) is 0 Å². The van der Waals surface area contributed by atoms with Gasteiger partial charge < -0.3 is 10.1 Å². The Morgan fingerprint density at radius 1 is 1.00 bits per heavy atom. The lowest BCUT2D eigenvalue weighted by molar-refractivity contribution is 0.0956. The summed E-state index contributed by atoms with van der Waals surface area (Å²) in [5.74, 6) is -0.115. The molecule has 3 rings (SSSR count). The van der Waals surface area contributed by atoms with Crippen LogP contribution in [-0.4, -0.2) is 30.1 Å². The number of carbonyl (C=O) groups is 2. The molecule has 0 aliphatic rings. The fourth-order valence-corrected chi connectivity index (χ4v) is 2.40. The van der Waals surface area contributed by atoms with Crippen molar-refractivity contribution < 1.29 is 14.3 Å². The van der Waals surface area contributed by atoms with Gasteiger partial charge in [0.15, 0.2) is 0 Å². The van der Waals surface area contributed by atoms with Gasteiger partial charge in [-0.05, 0) is 42.5 Å². The lowest BCUT2D eigenvalue weighted by atomic mass is 10.1. The van der Waals surface area contributed by atoms with E-state index in [-0.39, 0.29) is 5.91 Å². The predicted octanol–water partition coefficient (Wildman–Crippen LogP) is 3.11. The topological polar surface area (TPSA) is 92.7 Å². The second kappa shape index (κ2) is 9.09. The first-order valence-electron chi connectivity index (χ1n) is 8.45. The number of carbonyl (C=O) groups excluding carboxylic acids is 2. The normalized spacial score (nSPS) is 10.5. The number of amides is 2. The van der Waals surface area contributed by atoms with Crippen molar-refractivity contribution in [2.24, 2.45) is 5.10 Å². The van der Waals surface area contributed by atoms with Gasteiger partial charge >= 0.3 is 0 Å². The quantitative estimate of drug-likeness (QED) is 0.512. The molecule has 0 unspecified atom stereocenters. The van der Waals surface area contributed by atoms with E-state index in [1.165, 1.54) is 6.21 Å². The third kappa shape index (κ3) is 4.79. The highest BCUT2D eigenvalue weighted by Gasteiger charge is 2.13. The summed E-state index contributed by atoms with van der Waals surface area (Å²) in [5, 5.41) is 6.68. The van der Waals surface area contributed by atoms with Crippen LogP contribution in [0.25, 0.3) is 0 Å². The molecule has 3 aromatic rings. The van der Waals surface area contributed by atoms with Gasteiger partial charge in [0.25, 0.3) is 11.8 Å². The average molecular weight is 374 g/mol. The third-order valence-corrected chi connectivity index (χ3v) is 3.84. The summed E-state index contributed by atoms with van der Waals surface area (Å²) in [7, 11) is 1.56. The molecule has 0 aliphatic heterocycles. The van der Waals surface area contributed by atoms with Crippen LogP contribution < -0.4 is 15.5 Å². The molecule has 0 saturated carbocycles. The number of nitrogens with one attached hydrogen (secondary N) is 2. The maximum absolute atomic E-state index is 12.5. The van der Waals surface area contributed by atoms with Crippen LogP contribution in [-0.2, 0) is 0 Å². The number of nitrogens with zero attached hydrogens (tertiary/aromatic N) is 2. The number of hydrogen-bond donors (Lipinski definition) is 2. The standard InChI is InChI=1S/C21H18N4O3/c1-28-17-10-8-16(9-11-17)20(26)24-19-7-3-2-6-18(19)21(27)25-23-14-15-5-4-12-22-13-15/h2-14H,1H3,(H,24,26)(H,25,27)/b23-14+. The second-order valence-electron chi connectivity index (χ2n) is 5.71. The highest BCUT2D eigenvalue weighted by Crippen LogP contribution is 2.17. The Balaban J connectivity index is 1.70. The number of para-hydroxylation sites is 1. The summed E-state index contributed by atoms with van der Waals surface area (Å²) in [6.45, 7) is 0. The van der Waals surface area contributed by atoms with Gasteiger partial charge in [-0.25, -0.2) is 5.43 Å². The number of methoxy groups -OCH3 is 1. The van der Waals surface area contributed by atoms with Crippen molar-refractivity contribution in [3.8, 4) is 5.75 Å². The Hall–Kier alpha value is -4.00. The molecule has 0 radical (unpaired) electrons. The van der Waals surface area contributed by atoms with E-state index in [2.05, 4.69) is 20.8 Å². The van der Waals surface area contributed by atoms with Crippen LogP contribution in [0.2, 0.25) is 0 Å². The molecule has 0 atom stereocenters. The molecule has 7 nitrogen and oxygen atoms in total. The van der Waals surface area contributed by atoms with Gasteiger partial charge in [0.05, 0.1) is 24.6 Å². The number of benzene rings is 2. The van der Waals surface area contributed by atoms with Gasteiger partial charge in [0.2, 0.25) is 0 Å². The summed E-state index contributed by atoms with van der Waals surface area (Å²) in [6.07, 6.45) is 4.76. The van der Waals surface area contributed by atoms with E-state index in [9.17, 15) is 9.59 Å². The van der Waals surface area contributed by atoms with E-state index in [4.69, 9.17) is 4.74 Å². The van der Waals surface area contributed by atoms with Gasteiger partial charge in [0, 0.05) is 23.5 Å². The Labute approximate surface area is 162 Å². The molecular weight excluding hydrogens is 356 g/mol. The monoisotopic (exact) mass is 374 g/mol. The van der Waals surface area contributed by atoms with Crippen LogP contribution in [0.15, 0.2) is 78.2 Å². The SMILES string of the molecule is COc1ccc(C(=O)Nc2ccccc2C(=O)N/N=C/c2cccnc2)cc1. The van der Waals surface area contributed by atoms with Crippen molar-refractivity contribution in [2.75, 3.05) is 12.4 Å². The molecule has 140 valence electrons. The predicted molar refractivity (Wildman–Crippen MR) is 107 cm³/mol. The van der Waals surface area contributed by atoms with Gasteiger partial charge in [-0.1, -0.05) is 18.2 Å². The highest BCUT2D eigenvalue weighted by molar-refractivity contribution is 6.09. The van der Waals surface area contributed by atoms with Crippen molar-refractivity contribution in [2.45, 2.75) is 0 Å². The van der Waals surface area contributed by atoms with Crippen LogP contribution in [0.4, 0.5) is 5.69 Å². The molecule has 7 heteroatoms. The molecule has 2 amide bonds. The van der Waals surface area contributed by atoms with E-state index in [1.54, 1.807) is 74.1 Å². The van der Waals surface area contributed by atoms with E-state index in [1.807, 2.05) is 6.07 Å². The van der Waals surface area contributed by atoms with Crippen molar-refractivity contribution in [1.82, 2.24) is 10.4 Å². The van der Waals surface area contributed by atoms with Gasteiger partial charge in [-0.2, -0.15) is 5.10 Å². The average Bonchev–Trinajstić information content (AvgIpc) is 2.75. The van der Waals surface area contributed by atoms with Crippen molar-refractivity contribution in [3.63, 3.8) is 0 Å². The third-order valence-electron chi connectivity index (χ3n) is 3.84. The first-order chi connectivity index (χ1) is 13.7. The van der Waals surface area contributed by atoms with Crippen molar-refractivity contribution in [3.05, 3.63) is 89.7 Å². The number of anilines is 1. The number of pyridine rings is 1. The maximum Gasteiger partial charge on any atom is 0.273 e. The Morgan fingerprint density at radius 3 is 2.50 bits per heavy atom. The molecule has 0 saturated heterocycles. The fraction of sp³-hybridized carbons (Fsp3) is 0.0476. The summed E-state index contributed by atoms with van der Waals surface area (Å²) in [4.78, 5) is 28.9. The van der Waals surface area contributed by atoms with E-state index in [0.29, 0.717) is 22.6 Å². The minimum absolute atomic E-state index is 0.299. The largest absolute Gasteiger partial charge is 0.497 e. The number of hydrogen-bond acceptors (Lipinski definition) is 5. The van der Waals surface area contributed by atoms with Crippen LogP contribution in [0.5, 0.6) is 5.75 Å². The molecule has 0 aliphatic carbocycles. The molecule has 28 heavy (non-hydrogen) atoms. The molecule has 1 aromatic heterocycles. The number of hydrazone groups is 1. The highest BCUT2D eigenvalue weighted by atomic mass is 16.5. The fourth-order valence-electron chi connectivity index (χ4n) is 2.40. The van der Waals surface area contributed by atoms with E-state index in [0.717, 1.165) is 5.56 Å². The minimum atomic E-state index is -0.439. The molecule has 0 bridgehead atoms. The molecule has 0 fully saturated rings. The lowest BCUT2D eigenvalue weighted by Crippen LogP contribution is -2.21. The molecule has 2 aromatic carbocycles. The summed E-state index contributed by atoms with van der Waals surface area (Å²) in [5.41, 5.74) is 4.34. The van der Waals surface area contributed by atoms with Crippen LogP contribution >= 0.6 is 0 Å². The van der Waals surface area contributed by atoms with Gasteiger partial charge in [0.1, 0.15) is 5.75 Å². The molecule has 0 spiro atoms. The maximum atomic E-state index is 12.5. The van der Waals surface area contributed by atoms with Crippen LogP contribution in [0.1, 0.15) is 26.3 Å². The first kappa shape index (κ1) is 18.8. The van der Waals surface area contributed by atoms with Gasteiger partial charge in [-0.3, -0.25) is 14.6 Å². The lowest BCUT2D eigenvalue weighted by Gasteiger charge is -2.10. The summed E-state index contributed by atoms with van der Waals surface area (Å²) >= 11 is 0. The second-order valence-corrected chi connectivity index (χ2v) is 5.71. The number of rotatable bonds is 6. The smallest absolute Gasteiger partial charge is 0.273 e. The van der Waals surface area contributed by atoms with Crippen molar-refractivity contribution >= 4 is 23.7 Å². The number of ether oxygens (including phenoxy) is 1. The minimum Gasteiger partial charge on any atom is -0.497 e. The van der Waals surface area contributed by atoms with Crippen molar-refractivity contribution in [1.29, 1.82) is 0 Å². The zero-order valence-electron chi connectivity index (χ0n) is 15.1.